The van der Waals surface area contributed by atoms with E-state index < -0.39 is 0 Å². The number of para-hydroxylation sites is 1. The molecule has 7 aromatic rings. The number of aromatic nitrogens is 4. The summed E-state index contributed by atoms with van der Waals surface area (Å²) in [6, 6.07) is 34.7. The van der Waals surface area contributed by atoms with E-state index in [-0.39, 0.29) is 36.4 Å². The van der Waals surface area contributed by atoms with Crippen molar-refractivity contribution in [2.45, 2.75) is 63.7 Å². The van der Waals surface area contributed by atoms with Crippen LogP contribution in [-0.4, -0.2) is 40.9 Å². The monoisotopic (exact) mass is 818 g/mol. The molecule has 1 unspecified atom stereocenters. The molecule has 7 heteroatoms. The maximum Gasteiger partial charge on any atom is 0.222 e. The smallest absolute Gasteiger partial charge is 0.222 e. The normalized spacial score (nSPS) is 18.3. The Bertz CT molecular complexity index is 2380. The first kappa shape index (κ1) is 33.3. The second kappa shape index (κ2) is 11.7. The van der Waals surface area contributed by atoms with Crippen LogP contribution in [0.15, 0.2) is 91.3 Å². The van der Waals surface area contributed by atoms with E-state index in [1.807, 2.05) is 43.3 Å². The van der Waals surface area contributed by atoms with Gasteiger partial charge in [-0.15, -0.1) is 53.9 Å². The number of hydrogen-bond acceptors (Lipinski definition) is 3. The molecule has 9 rings (SSSR count). The number of pyridine rings is 1. The second-order valence-electron chi connectivity index (χ2n) is 15.0. The quantitative estimate of drug-likeness (QED) is 0.0994. The van der Waals surface area contributed by atoms with Gasteiger partial charge in [-0.2, -0.15) is 0 Å². The van der Waals surface area contributed by atoms with E-state index in [2.05, 4.69) is 111 Å². The van der Waals surface area contributed by atoms with Gasteiger partial charge in [0.05, 0.1) is 11.3 Å². The molecule has 4 aromatic carbocycles. The number of anilines is 1. The van der Waals surface area contributed by atoms with Gasteiger partial charge < -0.3 is 13.8 Å². The van der Waals surface area contributed by atoms with Gasteiger partial charge in [-0.3, -0.25) is 9.97 Å². The molecule has 1 atom stereocenters. The van der Waals surface area contributed by atoms with Crippen molar-refractivity contribution in [1.82, 2.24) is 18.8 Å². The second-order valence-corrected chi connectivity index (χ2v) is 15.0. The van der Waals surface area contributed by atoms with E-state index in [4.69, 9.17) is 13.0 Å². The maximum atomic E-state index is 5.76. The molecule has 49 heavy (non-hydrogen) atoms. The first-order chi connectivity index (χ1) is 23.0. The molecule has 3 radical (unpaired) electrons. The first-order valence-electron chi connectivity index (χ1n) is 16.8. The van der Waals surface area contributed by atoms with Crippen molar-refractivity contribution >= 4 is 41.0 Å². The minimum Gasteiger partial charge on any atom is -0.426 e. The zero-order chi connectivity index (χ0) is 33.6. The summed E-state index contributed by atoms with van der Waals surface area (Å²) in [5.41, 5.74) is 11.0. The molecule has 0 amide bonds. The van der Waals surface area contributed by atoms with Crippen molar-refractivity contribution in [2.75, 3.05) is 19.0 Å². The Balaban J connectivity index is 0.000000200. The van der Waals surface area contributed by atoms with Crippen LogP contribution in [0.4, 0.5) is 5.69 Å². The molecule has 5 nitrogen and oxygen atoms in total. The minimum atomic E-state index is -0.0453. The van der Waals surface area contributed by atoms with Gasteiger partial charge in [-0.1, -0.05) is 88.0 Å². The molecule has 247 valence electrons. The molecule has 0 N–H and O–H groups in total. The Morgan fingerprint density at radius 2 is 1.53 bits per heavy atom. The molecule has 0 saturated carbocycles. The Labute approximate surface area is 304 Å². The fourth-order valence-corrected chi connectivity index (χ4v) is 8.34. The third-order valence-corrected chi connectivity index (χ3v) is 11.5. The van der Waals surface area contributed by atoms with Crippen LogP contribution in [0.5, 0.6) is 0 Å². The van der Waals surface area contributed by atoms with Gasteiger partial charge >= 0.3 is 0 Å². The van der Waals surface area contributed by atoms with E-state index in [1.165, 1.54) is 43.2 Å². The number of fused-ring (bicyclic) bond motifs is 5. The van der Waals surface area contributed by atoms with Gasteiger partial charge in [-0.25, -0.2) is 0 Å². The summed E-state index contributed by atoms with van der Waals surface area (Å²) in [6.45, 7) is 12.2. The summed E-state index contributed by atoms with van der Waals surface area (Å²) >= 11 is 0. The van der Waals surface area contributed by atoms with Crippen LogP contribution in [0.1, 0.15) is 64.3 Å². The van der Waals surface area contributed by atoms with Gasteiger partial charge in [0.1, 0.15) is 0 Å². The predicted molar refractivity (Wildman–Crippen MR) is 199 cm³/mol. The molecule has 0 saturated heterocycles. The summed E-state index contributed by atoms with van der Waals surface area (Å²) in [4.78, 5) is 11.7. The molecule has 0 spiro atoms. The third-order valence-electron chi connectivity index (χ3n) is 11.5. The van der Waals surface area contributed by atoms with Crippen LogP contribution in [-0.2, 0) is 36.4 Å². The number of nitrogens with zero attached hydrogens (tertiary/aromatic N) is 5. The summed E-state index contributed by atoms with van der Waals surface area (Å²) in [7, 11) is 9.72. The van der Waals surface area contributed by atoms with Crippen LogP contribution in [0.25, 0.3) is 50.0 Å². The van der Waals surface area contributed by atoms with Crippen molar-refractivity contribution in [3.8, 4) is 22.6 Å². The van der Waals surface area contributed by atoms with Crippen LogP contribution in [0.3, 0.4) is 0 Å². The number of benzene rings is 4. The molecule has 2 aliphatic rings. The van der Waals surface area contributed by atoms with E-state index in [0.717, 1.165) is 46.6 Å². The summed E-state index contributed by atoms with van der Waals surface area (Å²) < 4.78 is 4.01. The van der Waals surface area contributed by atoms with Gasteiger partial charge in [0, 0.05) is 65.9 Å². The van der Waals surface area contributed by atoms with Crippen molar-refractivity contribution < 1.29 is 20.1 Å². The van der Waals surface area contributed by atoms with Crippen molar-refractivity contribution in [1.29, 1.82) is 0 Å². The SMILES string of the molecule is CC1(C)CCC2(C)c3c(nc4c5[c-]cccc5c5cccc(c5n34)C2(C)C)-c2ccccc21.[B]n1ccnc1-c1[c-]cccc1N(C)C.[Ir]. The largest absolute Gasteiger partial charge is 0.426 e. The fraction of sp³-hybridized carbons (Fsp3) is 0.286. The van der Waals surface area contributed by atoms with E-state index in [0.29, 0.717) is 0 Å². The Morgan fingerprint density at radius 3 is 2.29 bits per heavy atom. The summed E-state index contributed by atoms with van der Waals surface area (Å²) in [6.07, 6.45) is 5.65. The molecule has 1 aliphatic heterocycles. The van der Waals surface area contributed by atoms with Crippen LogP contribution in [0, 0.1) is 12.1 Å². The molecular weight excluding hydrogens is 778 g/mol. The Morgan fingerprint density at radius 1 is 0.816 bits per heavy atom. The van der Waals surface area contributed by atoms with E-state index in [9.17, 15) is 0 Å². The molecule has 3 aromatic heterocycles. The summed E-state index contributed by atoms with van der Waals surface area (Å²) in [5.74, 6) is 0.722. The average molecular weight is 818 g/mol. The average Bonchev–Trinajstić information content (AvgIpc) is 3.71. The minimum absolute atomic E-state index is 0. The molecule has 0 bridgehead atoms. The molecule has 4 heterocycles. The Kier molecular flexibility index (Phi) is 7.96. The van der Waals surface area contributed by atoms with Gasteiger partial charge in [0.15, 0.2) is 0 Å². The van der Waals surface area contributed by atoms with Crippen LogP contribution in [0.2, 0.25) is 0 Å². The third kappa shape index (κ3) is 4.76. The number of imidazole rings is 2. The maximum absolute atomic E-state index is 5.76. The summed E-state index contributed by atoms with van der Waals surface area (Å²) in [5, 5.41) is 3.67. The number of hydrogen-bond donors (Lipinski definition) is 0. The Hall–Kier alpha value is -4.19. The number of rotatable bonds is 2. The fourth-order valence-electron chi connectivity index (χ4n) is 8.34. The molecule has 1 aliphatic carbocycles. The zero-order valence-electron chi connectivity index (χ0n) is 29.2. The van der Waals surface area contributed by atoms with Gasteiger partial charge in [-0.05, 0) is 54.6 Å². The standard InChI is InChI=1S/C31H29N2.C11H11BN3.Ir/c1-29(2)17-18-31(5)27-25(22-13-8-9-15-23(22)29)32-28-21-12-7-6-11-19(21)20-14-10-16-24(30(31,3)4)26(20)33(27)28;1-14(2)10-6-4-3-5-9(10)11-13-7-8-15(11)12;/h6-11,13-16H,17-18H2,1-5H3;3-4,6-8H,1-2H3;/q2*-1;. The van der Waals surface area contributed by atoms with Crippen molar-refractivity contribution in [3.63, 3.8) is 0 Å². The van der Waals surface area contributed by atoms with E-state index in [1.54, 1.807) is 12.4 Å². The van der Waals surface area contributed by atoms with Gasteiger partial charge in [0.25, 0.3) is 0 Å². The van der Waals surface area contributed by atoms with Crippen molar-refractivity contribution in [2.24, 2.45) is 0 Å². The van der Waals surface area contributed by atoms with Crippen molar-refractivity contribution in [3.05, 3.63) is 120 Å². The topological polar surface area (TPSA) is 38.4 Å². The van der Waals surface area contributed by atoms with Crippen LogP contribution >= 0.6 is 0 Å². The van der Waals surface area contributed by atoms with Crippen LogP contribution < -0.4 is 4.90 Å². The van der Waals surface area contributed by atoms with E-state index >= 15 is 0 Å². The van der Waals surface area contributed by atoms with Gasteiger partial charge in [0.2, 0.25) is 7.98 Å². The first-order valence-corrected chi connectivity index (χ1v) is 16.8. The molecule has 0 fully saturated rings. The zero-order valence-corrected chi connectivity index (χ0v) is 31.6. The predicted octanol–water partition coefficient (Wildman–Crippen LogP) is 9.07. The molecular formula is C42H40BIrN5-2.